The van der Waals surface area contributed by atoms with Gasteiger partial charge in [-0.3, -0.25) is 0 Å². The van der Waals surface area contributed by atoms with Crippen LogP contribution in [0.3, 0.4) is 0 Å². The molecule has 0 spiro atoms. The molecule has 4 nitrogen and oxygen atoms in total. The lowest BCUT2D eigenvalue weighted by Gasteiger charge is -1.95. The van der Waals surface area contributed by atoms with E-state index in [1.54, 1.807) is 12.1 Å². The maximum Gasteiger partial charge on any atom is 0.252 e. The molecule has 1 aromatic heterocycles. The van der Waals surface area contributed by atoms with Gasteiger partial charge in [-0.25, -0.2) is 4.39 Å². The average molecular weight is 322 g/mol. The maximum absolute atomic E-state index is 13.1. The summed E-state index contributed by atoms with van der Waals surface area (Å²) in [6, 6.07) is 13.7. The molecule has 2 aromatic carbocycles. The van der Waals surface area contributed by atoms with E-state index in [1.165, 1.54) is 12.1 Å². The van der Waals surface area contributed by atoms with Gasteiger partial charge in [0.15, 0.2) is 0 Å². The minimum atomic E-state index is -0.294. The van der Waals surface area contributed by atoms with E-state index in [-0.39, 0.29) is 5.82 Å². The van der Waals surface area contributed by atoms with Crippen molar-refractivity contribution in [1.82, 2.24) is 10.1 Å². The number of aromatic nitrogens is 2. The van der Waals surface area contributed by atoms with Crippen LogP contribution in [0.5, 0.6) is 0 Å². The molecule has 3 rings (SSSR count). The summed E-state index contributed by atoms with van der Waals surface area (Å²) in [4.78, 5) is 4.27. The summed E-state index contributed by atoms with van der Waals surface area (Å²) < 4.78 is 23.5. The predicted octanol–water partition coefficient (Wildman–Crippen LogP) is 3.81. The van der Waals surface area contributed by atoms with E-state index in [1.807, 2.05) is 31.2 Å². The van der Waals surface area contributed by atoms with Gasteiger partial charge in [0.1, 0.15) is 12.4 Å². The number of hydrogen-bond donors (Lipinski definition) is 0. The Morgan fingerprint density at radius 2 is 1.88 bits per heavy atom. The highest BCUT2D eigenvalue weighted by atomic mass is 19.1. The van der Waals surface area contributed by atoms with E-state index in [2.05, 4.69) is 22.0 Å². The highest BCUT2D eigenvalue weighted by Gasteiger charge is 2.08. The van der Waals surface area contributed by atoms with Crippen LogP contribution in [0, 0.1) is 17.7 Å². The van der Waals surface area contributed by atoms with Gasteiger partial charge in [-0.15, -0.1) is 0 Å². The molecule has 0 unspecified atom stereocenters. The number of nitrogens with zero attached hydrogens (tertiary/aromatic N) is 2. The minimum Gasteiger partial charge on any atom is -0.372 e. The van der Waals surface area contributed by atoms with E-state index in [0.717, 1.165) is 11.1 Å². The molecule has 0 aliphatic carbocycles. The zero-order chi connectivity index (χ0) is 16.8. The summed E-state index contributed by atoms with van der Waals surface area (Å²) in [5.74, 6) is 6.59. The zero-order valence-electron chi connectivity index (χ0n) is 13.1. The number of ether oxygens (including phenoxy) is 1. The lowest BCUT2D eigenvalue weighted by Crippen LogP contribution is -1.91. The van der Waals surface area contributed by atoms with Crippen LogP contribution < -0.4 is 0 Å². The molecule has 5 heteroatoms. The van der Waals surface area contributed by atoms with Gasteiger partial charge in [0.25, 0.3) is 5.89 Å². The van der Waals surface area contributed by atoms with Crippen molar-refractivity contribution in [2.24, 2.45) is 0 Å². The van der Waals surface area contributed by atoms with E-state index in [9.17, 15) is 4.39 Å². The van der Waals surface area contributed by atoms with Crippen molar-refractivity contribution in [3.8, 4) is 23.2 Å². The number of rotatable bonds is 4. The molecule has 1 heterocycles. The lowest BCUT2D eigenvalue weighted by atomic mass is 10.1. The first-order valence-corrected chi connectivity index (χ1v) is 7.53. The SMILES string of the molecule is CCOCc1nc(-c2ccc(C#Cc3cccc(F)c3)cc2)no1. The van der Waals surface area contributed by atoms with E-state index >= 15 is 0 Å². The Bertz CT molecular complexity index is 876. The van der Waals surface area contributed by atoms with E-state index < -0.39 is 0 Å². The third-order valence-electron chi connectivity index (χ3n) is 3.22. The van der Waals surface area contributed by atoms with Gasteiger partial charge in [0.05, 0.1) is 0 Å². The molecule has 0 saturated heterocycles. The van der Waals surface area contributed by atoms with Gasteiger partial charge in [-0.05, 0) is 49.4 Å². The highest BCUT2D eigenvalue weighted by molar-refractivity contribution is 5.56. The topological polar surface area (TPSA) is 48.2 Å². The van der Waals surface area contributed by atoms with Crippen molar-refractivity contribution < 1.29 is 13.7 Å². The molecule has 0 N–H and O–H groups in total. The van der Waals surface area contributed by atoms with Crippen molar-refractivity contribution >= 4 is 0 Å². The summed E-state index contributed by atoms with van der Waals surface area (Å²) in [7, 11) is 0. The maximum atomic E-state index is 13.1. The Hall–Kier alpha value is -2.97. The standard InChI is InChI=1S/C19H15FN2O2/c1-2-23-13-18-21-19(22-24-18)16-10-8-14(9-11-16)6-7-15-4-3-5-17(20)12-15/h3-5,8-12H,2,13H2,1H3. The lowest BCUT2D eigenvalue weighted by molar-refractivity contribution is 0.109. The fourth-order valence-electron chi connectivity index (χ4n) is 2.03. The van der Waals surface area contributed by atoms with Gasteiger partial charge in [-0.1, -0.05) is 23.1 Å². The summed E-state index contributed by atoms with van der Waals surface area (Å²) in [6.45, 7) is 2.80. The molecule has 0 radical (unpaired) electrons. The Morgan fingerprint density at radius 3 is 2.62 bits per heavy atom. The molecule has 3 aromatic rings. The second-order valence-electron chi connectivity index (χ2n) is 4.99. The van der Waals surface area contributed by atoms with Crippen molar-refractivity contribution in [1.29, 1.82) is 0 Å². The Morgan fingerprint density at radius 1 is 1.08 bits per heavy atom. The molecule has 0 saturated carbocycles. The van der Waals surface area contributed by atoms with Crippen molar-refractivity contribution in [3.63, 3.8) is 0 Å². The summed E-state index contributed by atoms with van der Waals surface area (Å²) in [5, 5.41) is 3.93. The van der Waals surface area contributed by atoms with Crippen LogP contribution in [-0.2, 0) is 11.3 Å². The minimum absolute atomic E-state index is 0.294. The fourth-order valence-corrected chi connectivity index (χ4v) is 2.03. The first kappa shape index (κ1) is 15.9. The average Bonchev–Trinajstić information content (AvgIpc) is 3.08. The molecule has 0 fully saturated rings. The monoisotopic (exact) mass is 322 g/mol. The Balaban J connectivity index is 1.73. The predicted molar refractivity (Wildman–Crippen MR) is 87.4 cm³/mol. The van der Waals surface area contributed by atoms with E-state index in [0.29, 0.717) is 30.5 Å². The molecule has 0 aliphatic rings. The van der Waals surface area contributed by atoms with Crippen molar-refractivity contribution in [3.05, 3.63) is 71.4 Å². The van der Waals surface area contributed by atoms with Gasteiger partial charge in [0, 0.05) is 23.3 Å². The molecule has 120 valence electrons. The second-order valence-corrected chi connectivity index (χ2v) is 4.99. The zero-order valence-corrected chi connectivity index (χ0v) is 13.1. The quantitative estimate of drug-likeness (QED) is 0.685. The number of benzene rings is 2. The van der Waals surface area contributed by atoms with Crippen LogP contribution in [0.1, 0.15) is 23.9 Å². The van der Waals surface area contributed by atoms with Gasteiger partial charge < -0.3 is 9.26 Å². The van der Waals surface area contributed by atoms with Gasteiger partial charge >= 0.3 is 0 Å². The van der Waals surface area contributed by atoms with Crippen LogP contribution in [0.25, 0.3) is 11.4 Å². The third-order valence-corrected chi connectivity index (χ3v) is 3.22. The molecule has 24 heavy (non-hydrogen) atoms. The van der Waals surface area contributed by atoms with Crippen molar-refractivity contribution in [2.75, 3.05) is 6.61 Å². The first-order valence-electron chi connectivity index (χ1n) is 7.53. The van der Waals surface area contributed by atoms with Crippen LogP contribution >= 0.6 is 0 Å². The van der Waals surface area contributed by atoms with E-state index in [4.69, 9.17) is 9.26 Å². The van der Waals surface area contributed by atoms with Crippen LogP contribution in [0.4, 0.5) is 4.39 Å². The molecule has 0 aliphatic heterocycles. The smallest absolute Gasteiger partial charge is 0.252 e. The Kier molecular flexibility index (Phi) is 4.99. The third kappa shape index (κ3) is 4.06. The molecule has 0 bridgehead atoms. The van der Waals surface area contributed by atoms with Crippen molar-refractivity contribution in [2.45, 2.75) is 13.5 Å². The van der Waals surface area contributed by atoms with Crippen LogP contribution in [0.2, 0.25) is 0 Å². The van der Waals surface area contributed by atoms with Gasteiger partial charge in [-0.2, -0.15) is 4.98 Å². The molecular formula is C19H15FN2O2. The normalized spacial score (nSPS) is 10.2. The summed E-state index contributed by atoms with van der Waals surface area (Å²) in [5.41, 5.74) is 2.29. The summed E-state index contributed by atoms with van der Waals surface area (Å²) in [6.07, 6.45) is 0. The fraction of sp³-hybridized carbons (Fsp3) is 0.158. The number of halogens is 1. The number of hydrogen-bond acceptors (Lipinski definition) is 4. The highest BCUT2D eigenvalue weighted by Crippen LogP contribution is 2.16. The first-order chi connectivity index (χ1) is 11.7. The molecular weight excluding hydrogens is 307 g/mol. The second kappa shape index (κ2) is 7.53. The Labute approximate surface area is 139 Å². The molecule has 0 amide bonds. The largest absolute Gasteiger partial charge is 0.372 e. The van der Waals surface area contributed by atoms with Gasteiger partial charge in [0.2, 0.25) is 5.82 Å². The van der Waals surface area contributed by atoms with Crippen LogP contribution in [0.15, 0.2) is 53.1 Å². The summed E-state index contributed by atoms with van der Waals surface area (Å²) >= 11 is 0. The van der Waals surface area contributed by atoms with Crippen LogP contribution in [-0.4, -0.2) is 16.7 Å². The molecule has 0 atom stereocenters.